The SMILES string of the molecule is O=C1C2C3c4ccccc4C(c4ccccc43)C2C(=O)N1c1ccccc1OS(=O)(=O)c1ccccc1. The molecule has 2 atom stereocenters. The second kappa shape index (κ2) is 7.88. The Morgan fingerprint density at radius 1 is 0.568 bits per heavy atom. The molecule has 37 heavy (non-hydrogen) atoms. The molecular weight excluding hydrogens is 486 g/mol. The number of amides is 2. The van der Waals surface area contributed by atoms with Gasteiger partial charge in [0.15, 0.2) is 5.75 Å². The van der Waals surface area contributed by atoms with E-state index in [1.54, 1.807) is 36.4 Å². The van der Waals surface area contributed by atoms with E-state index in [-0.39, 0.29) is 40.0 Å². The number of hydrogen-bond donors (Lipinski definition) is 0. The summed E-state index contributed by atoms with van der Waals surface area (Å²) in [6.07, 6.45) is 0. The Kier molecular flexibility index (Phi) is 4.69. The van der Waals surface area contributed by atoms with E-state index in [0.717, 1.165) is 27.2 Å². The Hall–Kier alpha value is -4.23. The maximum atomic E-state index is 14.0. The van der Waals surface area contributed by atoms with Crippen LogP contribution in [0.5, 0.6) is 5.75 Å². The summed E-state index contributed by atoms with van der Waals surface area (Å²) in [7, 11) is -4.17. The predicted molar refractivity (Wildman–Crippen MR) is 137 cm³/mol. The topological polar surface area (TPSA) is 80.8 Å². The van der Waals surface area contributed by atoms with Crippen molar-refractivity contribution in [3.05, 3.63) is 125 Å². The lowest BCUT2D eigenvalue weighted by atomic mass is 9.55. The lowest BCUT2D eigenvalue weighted by molar-refractivity contribution is -0.122. The molecule has 0 spiro atoms. The highest BCUT2D eigenvalue weighted by Crippen LogP contribution is 2.61. The molecule has 4 aliphatic rings. The van der Waals surface area contributed by atoms with Gasteiger partial charge in [0.1, 0.15) is 4.90 Å². The number of imide groups is 1. The first-order valence-corrected chi connectivity index (χ1v) is 13.5. The van der Waals surface area contributed by atoms with Gasteiger partial charge in [-0.15, -0.1) is 0 Å². The third-order valence-corrected chi connectivity index (χ3v) is 9.03. The molecular formula is C30H21NO5S. The Labute approximate surface area is 214 Å². The number of benzene rings is 4. The molecule has 4 aromatic carbocycles. The van der Waals surface area contributed by atoms with Crippen molar-refractivity contribution in [1.29, 1.82) is 0 Å². The molecule has 7 heteroatoms. The number of carbonyl (C=O) groups is 2. The van der Waals surface area contributed by atoms with Gasteiger partial charge in [-0.2, -0.15) is 8.42 Å². The van der Waals surface area contributed by atoms with Crippen LogP contribution in [-0.2, 0) is 19.7 Å². The average molecular weight is 508 g/mol. The standard InChI is InChI=1S/C30H21NO5S/c32-29-27-25-19-12-4-5-13-20(19)26(22-15-7-6-14-21(22)25)28(27)30(33)31(29)23-16-8-9-17-24(23)36-37(34,35)18-10-2-1-3-11-18/h1-17,25-28H. The van der Waals surface area contributed by atoms with Crippen LogP contribution in [0.4, 0.5) is 5.69 Å². The highest BCUT2D eigenvalue weighted by Gasteiger charge is 2.62. The molecule has 8 rings (SSSR count). The summed E-state index contributed by atoms with van der Waals surface area (Å²) >= 11 is 0. The van der Waals surface area contributed by atoms with Crippen molar-refractivity contribution in [3.63, 3.8) is 0 Å². The Balaban J connectivity index is 1.34. The van der Waals surface area contributed by atoms with E-state index in [2.05, 4.69) is 0 Å². The van der Waals surface area contributed by atoms with Crippen molar-refractivity contribution in [1.82, 2.24) is 0 Å². The number of carbonyl (C=O) groups excluding carboxylic acids is 2. The van der Waals surface area contributed by atoms with Crippen LogP contribution < -0.4 is 9.08 Å². The van der Waals surface area contributed by atoms with Crippen LogP contribution in [0.25, 0.3) is 0 Å². The van der Waals surface area contributed by atoms with E-state index in [4.69, 9.17) is 4.18 Å². The molecule has 6 nitrogen and oxygen atoms in total. The molecule has 1 fully saturated rings. The number of nitrogens with zero attached hydrogens (tertiary/aromatic N) is 1. The van der Waals surface area contributed by atoms with Gasteiger partial charge in [-0.1, -0.05) is 78.9 Å². The molecule has 0 aromatic heterocycles. The molecule has 0 radical (unpaired) electrons. The monoisotopic (exact) mass is 507 g/mol. The van der Waals surface area contributed by atoms with Gasteiger partial charge in [0.25, 0.3) is 0 Å². The Morgan fingerprint density at radius 2 is 1.00 bits per heavy atom. The summed E-state index contributed by atoms with van der Waals surface area (Å²) in [5, 5.41) is 0. The molecule has 4 aromatic rings. The van der Waals surface area contributed by atoms with Crippen LogP contribution in [0, 0.1) is 11.8 Å². The minimum absolute atomic E-state index is 0.0125. The average Bonchev–Trinajstić information content (AvgIpc) is 3.19. The lowest BCUT2D eigenvalue weighted by Gasteiger charge is -2.45. The molecule has 2 amide bonds. The first-order valence-electron chi connectivity index (χ1n) is 12.1. The molecule has 1 aliphatic heterocycles. The molecule has 0 N–H and O–H groups in total. The molecule has 182 valence electrons. The molecule has 2 bridgehead atoms. The van der Waals surface area contributed by atoms with Crippen LogP contribution in [0.3, 0.4) is 0 Å². The number of anilines is 1. The zero-order valence-electron chi connectivity index (χ0n) is 19.5. The quantitative estimate of drug-likeness (QED) is 0.291. The maximum Gasteiger partial charge on any atom is 0.339 e. The maximum absolute atomic E-state index is 14.0. The van der Waals surface area contributed by atoms with Crippen molar-refractivity contribution in [2.24, 2.45) is 11.8 Å². The van der Waals surface area contributed by atoms with E-state index in [9.17, 15) is 18.0 Å². The zero-order chi connectivity index (χ0) is 25.3. The van der Waals surface area contributed by atoms with Crippen LogP contribution in [0.2, 0.25) is 0 Å². The normalized spacial score (nSPS) is 23.4. The van der Waals surface area contributed by atoms with Gasteiger partial charge in [0.05, 0.1) is 17.5 Å². The van der Waals surface area contributed by atoms with Crippen molar-refractivity contribution < 1.29 is 22.2 Å². The van der Waals surface area contributed by atoms with Gasteiger partial charge in [-0.05, 0) is 46.5 Å². The summed E-state index contributed by atoms with van der Waals surface area (Å²) < 4.78 is 31.5. The Bertz CT molecular complexity index is 1580. The number of rotatable bonds is 4. The summed E-state index contributed by atoms with van der Waals surface area (Å²) in [6, 6.07) is 30.1. The summed E-state index contributed by atoms with van der Waals surface area (Å²) in [5.41, 5.74) is 4.44. The predicted octanol–water partition coefficient (Wildman–Crippen LogP) is 4.85. The first-order chi connectivity index (χ1) is 18.0. The second-order valence-electron chi connectivity index (χ2n) is 9.59. The van der Waals surface area contributed by atoms with Crippen LogP contribution in [-0.4, -0.2) is 20.2 Å². The fourth-order valence-corrected chi connectivity index (χ4v) is 7.34. The minimum atomic E-state index is -4.17. The van der Waals surface area contributed by atoms with Crippen LogP contribution in [0.1, 0.15) is 34.1 Å². The molecule has 1 heterocycles. The van der Waals surface area contributed by atoms with Crippen molar-refractivity contribution in [2.45, 2.75) is 16.7 Å². The molecule has 3 aliphatic carbocycles. The molecule has 0 saturated carbocycles. The van der Waals surface area contributed by atoms with Crippen molar-refractivity contribution in [2.75, 3.05) is 4.90 Å². The highest BCUT2D eigenvalue weighted by atomic mass is 32.2. The summed E-state index contributed by atoms with van der Waals surface area (Å²) in [4.78, 5) is 29.2. The third kappa shape index (κ3) is 3.07. The second-order valence-corrected chi connectivity index (χ2v) is 11.1. The van der Waals surface area contributed by atoms with E-state index < -0.39 is 22.0 Å². The summed E-state index contributed by atoms with van der Waals surface area (Å²) in [6.45, 7) is 0. The van der Waals surface area contributed by atoms with Gasteiger partial charge in [-0.3, -0.25) is 9.59 Å². The smallest absolute Gasteiger partial charge is 0.339 e. The fraction of sp³-hybridized carbons (Fsp3) is 0.133. The number of hydrogen-bond acceptors (Lipinski definition) is 5. The van der Waals surface area contributed by atoms with Crippen LogP contribution in [0.15, 0.2) is 108 Å². The van der Waals surface area contributed by atoms with Crippen molar-refractivity contribution >= 4 is 27.6 Å². The van der Waals surface area contributed by atoms with Gasteiger partial charge in [-0.25, -0.2) is 4.90 Å². The van der Waals surface area contributed by atoms with E-state index in [0.29, 0.717) is 0 Å². The number of para-hydroxylation sites is 2. The fourth-order valence-electron chi connectivity index (χ4n) is 6.38. The van der Waals surface area contributed by atoms with Gasteiger partial charge >= 0.3 is 10.1 Å². The lowest BCUT2D eigenvalue weighted by Crippen LogP contribution is -2.41. The van der Waals surface area contributed by atoms with E-state index in [1.807, 2.05) is 48.5 Å². The first kappa shape index (κ1) is 22.0. The highest BCUT2D eigenvalue weighted by molar-refractivity contribution is 7.87. The largest absolute Gasteiger partial charge is 0.377 e. The third-order valence-electron chi connectivity index (χ3n) is 7.79. The Morgan fingerprint density at radius 3 is 1.51 bits per heavy atom. The van der Waals surface area contributed by atoms with Gasteiger partial charge in [0.2, 0.25) is 11.8 Å². The minimum Gasteiger partial charge on any atom is -0.377 e. The van der Waals surface area contributed by atoms with E-state index >= 15 is 0 Å². The van der Waals surface area contributed by atoms with Gasteiger partial charge < -0.3 is 4.18 Å². The van der Waals surface area contributed by atoms with Crippen LogP contribution >= 0.6 is 0 Å². The molecule has 2 unspecified atom stereocenters. The van der Waals surface area contributed by atoms with Crippen molar-refractivity contribution in [3.8, 4) is 5.75 Å². The molecule has 1 saturated heterocycles. The van der Waals surface area contributed by atoms with E-state index in [1.165, 1.54) is 18.2 Å². The summed E-state index contributed by atoms with van der Waals surface area (Å²) in [5.74, 6) is -2.35. The zero-order valence-corrected chi connectivity index (χ0v) is 20.3. The van der Waals surface area contributed by atoms with Gasteiger partial charge in [0, 0.05) is 11.8 Å².